The summed E-state index contributed by atoms with van der Waals surface area (Å²) >= 11 is 7.80. The normalized spacial score (nSPS) is 23.4. The Morgan fingerprint density at radius 1 is 1.32 bits per heavy atom. The van der Waals surface area contributed by atoms with Gasteiger partial charge in [-0.1, -0.05) is 35.1 Å². The summed E-state index contributed by atoms with van der Waals surface area (Å²) in [4.78, 5) is 0. The van der Waals surface area contributed by atoms with E-state index in [1.807, 2.05) is 18.2 Å². The molecular weight excluding hydrogens is 400 g/mol. The van der Waals surface area contributed by atoms with Gasteiger partial charge in [-0.2, -0.15) is 0 Å². The third kappa shape index (κ3) is 4.89. The summed E-state index contributed by atoms with van der Waals surface area (Å²) < 4.78 is 5.89. The molecule has 1 fully saturated rings. The van der Waals surface area contributed by atoms with Crippen molar-refractivity contribution < 1.29 is 14.9 Å². The van der Waals surface area contributed by atoms with Crippen molar-refractivity contribution in [2.24, 2.45) is 11.5 Å². The smallest absolute Gasteiger partial charge is 0.149 e. The van der Waals surface area contributed by atoms with E-state index in [2.05, 4.69) is 10.2 Å². The summed E-state index contributed by atoms with van der Waals surface area (Å²) in [6, 6.07) is 5.66. The van der Waals surface area contributed by atoms with Crippen LogP contribution < -0.4 is 11.5 Å². The topological polar surface area (TPSA) is 128 Å². The van der Waals surface area contributed by atoms with Crippen molar-refractivity contribution in [2.45, 2.75) is 37.6 Å². The lowest BCUT2D eigenvalue weighted by Gasteiger charge is -2.32. The Balaban J connectivity index is 1.80. The summed E-state index contributed by atoms with van der Waals surface area (Å²) in [5.41, 5.74) is 13.5. The van der Waals surface area contributed by atoms with E-state index in [9.17, 15) is 10.2 Å². The molecule has 0 amide bonds. The van der Waals surface area contributed by atoms with Crippen LogP contribution in [0.25, 0.3) is 5.57 Å². The lowest BCUT2D eigenvalue weighted by molar-refractivity contribution is -0.113. The maximum absolute atomic E-state index is 10.1. The number of benzene rings is 1. The van der Waals surface area contributed by atoms with Gasteiger partial charge in [0.05, 0.1) is 24.9 Å². The van der Waals surface area contributed by atoms with Crippen molar-refractivity contribution in [1.82, 2.24) is 10.2 Å². The van der Waals surface area contributed by atoms with Crippen LogP contribution in [0.5, 0.6) is 0 Å². The minimum atomic E-state index is -0.502. The number of hydrogen-bond donors (Lipinski definition) is 4. The lowest BCUT2D eigenvalue weighted by atomic mass is 9.95. The van der Waals surface area contributed by atoms with Crippen LogP contribution in [-0.4, -0.2) is 39.2 Å². The Morgan fingerprint density at radius 2 is 2.14 bits per heavy atom. The van der Waals surface area contributed by atoms with E-state index in [1.165, 1.54) is 23.7 Å². The molecule has 9 heteroatoms. The number of hydrogen-bond acceptors (Lipinski definition) is 8. The first-order chi connectivity index (χ1) is 13.5. The molecule has 1 aliphatic heterocycles. The second kappa shape index (κ2) is 9.49. The average molecular weight is 423 g/mol. The van der Waals surface area contributed by atoms with Gasteiger partial charge in [-0.25, -0.2) is 0 Å². The van der Waals surface area contributed by atoms with Crippen LogP contribution in [0, 0.1) is 0 Å². The zero-order valence-electron chi connectivity index (χ0n) is 15.2. The lowest BCUT2D eigenvalue weighted by Crippen LogP contribution is -2.33. The molecule has 0 aliphatic carbocycles. The third-order valence-electron chi connectivity index (χ3n) is 4.53. The highest BCUT2D eigenvalue weighted by molar-refractivity contribution is 7.12. The van der Waals surface area contributed by atoms with Crippen LogP contribution in [-0.2, 0) is 11.2 Å². The van der Waals surface area contributed by atoms with Crippen LogP contribution in [0.15, 0.2) is 36.7 Å². The molecular formula is C19H23ClN4O3S. The number of aromatic nitrogens is 2. The van der Waals surface area contributed by atoms with Gasteiger partial charge in [0.15, 0.2) is 0 Å². The average Bonchev–Trinajstić information content (AvgIpc) is 3.15. The van der Waals surface area contributed by atoms with E-state index in [0.717, 1.165) is 16.1 Å². The van der Waals surface area contributed by atoms with Crippen LogP contribution in [0.1, 0.15) is 40.1 Å². The summed E-state index contributed by atoms with van der Waals surface area (Å²) in [6.45, 7) is -0.115. The van der Waals surface area contributed by atoms with Gasteiger partial charge in [0.1, 0.15) is 10.0 Å². The molecule has 3 atom stereocenters. The van der Waals surface area contributed by atoms with Gasteiger partial charge in [0.2, 0.25) is 0 Å². The monoisotopic (exact) mass is 422 g/mol. The number of allylic oxidation sites excluding steroid dienone is 2. The number of nitrogens with two attached hydrogens (primary N) is 2. The van der Waals surface area contributed by atoms with Crippen molar-refractivity contribution in [3.63, 3.8) is 0 Å². The molecule has 1 aliphatic rings. The fraction of sp³-hybridized carbons (Fsp3) is 0.368. The molecule has 150 valence electrons. The Kier molecular flexibility index (Phi) is 7.03. The summed E-state index contributed by atoms with van der Waals surface area (Å²) in [5, 5.41) is 29.9. The van der Waals surface area contributed by atoms with Crippen LogP contribution in [0.2, 0.25) is 5.02 Å². The first-order valence-corrected chi connectivity index (χ1v) is 10.1. The molecule has 3 rings (SSSR count). The van der Waals surface area contributed by atoms with E-state index in [0.29, 0.717) is 34.9 Å². The number of nitrogens with zero attached hydrogens (tertiary/aromatic N) is 2. The van der Waals surface area contributed by atoms with E-state index in [-0.39, 0.29) is 18.8 Å². The first kappa shape index (κ1) is 20.8. The van der Waals surface area contributed by atoms with E-state index >= 15 is 0 Å². The van der Waals surface area contributed by atoms with Crippen molar-refractivity contribution in [1.29, 1.82) is 0 Å². The number of halogens is 1. The molecule has 7 nitrogen and oxygen atoms in total. The van der Waals surface area contributed by atoms with E-state index < -0.39 is 6.10 Å². The van der Waals surface area contributed by atoms with Gasteiger partial charge in [0.25, 0.3) is 0 Å². The minimum absolute atomic E-state index is 0.115. The molecule has 0 saturated carbocycles. The van der Waals surface area contributed by atoms with Gasteiger partial charge in [0, 0.05) is 36.1 Å². The van der Waals surface area contributed by atoms with Crippen LogP contribution >= 0.6 is 22.9 Å². The Hall–Kier alpha value is -1.97. The van der Waals surface area contributed by atoms with Crippen molar-refractivity contribution in [3.8, 4) is 0 Å². The quantitative estimate of drug-likeness (QED) is 0.525. The van der Waals surface area contributed by atoms with Crippen LogP contribution in [0.4, 0.5) is 0 Å². The highest BCUT2D eigenvalue weighted by Crippen LogP contribution is 2.34. The molecule has 0 radical (unpaired) electrons. The third-order valence-corrected chi connectivity index (χ3v) is 5.87. The standard InChI is InChI=1S/C19H23ClN4O3S/c20-16-2-1-11(17-8-14(26)7-15(10-25)27-17)5-13(16)6-18-23-24-19(28-18)12(9-22)3-4-21/h1-5,9,14-15,17,25-26H,6-8,10,21-22H2/b4-3-,12-9+. The minimum Gasteiger partial charge on any atom is -0.405 e. The highest BCUT2D eigenvalue weighted by Gasteiger charge is 2.29. The Morgan fingerprint density at radius 3 is 2.86 bits per heavy atom. The molecule has 6 N–H and O–H groups in total. The first-order valence-electron chi connectivity index (χ1n) is 8.89. The van der Waals surface area contributed by atoms with E-state index in [1.54, 1.807) is 6.08 Å². The largest absolute Gasteiger partial charge is 0.405 e. The summed E-state index contributed by atoms with van der Waals surface area (Å²) in [7, 11) is 0. The maximum atomic E-state index is 10.1. The molecule has 28 heavy (non-hydrogen) atoms. The summed E-state index contributed by atoms with van der Waals surface area (Å²) in [6.07, 6.45) is 4.78. The van der Waals surface area contributed by atoms with Gasteiger partial charge < -0.3 is 26.4 Å². The van der Waals surface area contributed by atoms with Crippen molar-refractivity contribution >= 4 is 28.5 Å². The maximum Gasteiger partial charge on any atom is 0.149 e. The number of aliphatic hydroxyl groups is 2. The summed E-state index contributed by atoms with van der Waals surface area (Å²) in [5.74, 6) is 0. The van der Waals surface area contributed by atoms with Crippen molar-refractivity contribution in [2.75, 3.05) is 6.61 Å². The fourth-order valence-electron chi connectivity index (χ4n) is 3.16. The second-order valence-electron chi connectivity index (χ2n) is 6.56. The zero-order valence-corrected chi connectivity index (χ0v) is 16.7. The van der Waals surface area contributed by atoms with E-state index in [4.69, 9.17) is 27.8 Å². The SMILES string of the molecule is N/C=C\C(=C/N)c1nnc(Cc2cc(C3CC(O)CC(CO)O3)ccc2Cl)s1. The predicted octanol–water partition coefficient (Wildman–Crippen LogP) is 2.13. The zero-order chi connectivity index (χ0) is 20.1. The van der Waals surface area contributed by atoms with Gasteiger partial charge >= 0.3 is 0 Å². The Bertz CT molecular complexity index is 871. The molecule has 1 aromatic heterocycles. The molecule has 1 saturated heterocycles. The number of ether oxygens (including phenoxy) is 1. The fourth-order valence-corrected chi connectivity index (χ4v) is 4.21. The van der Waals surface area contributed by atoms with Crippen LogP contribution in [0.3, 0.4) is 0 Å². The Labute approximate surface area is 172 Å². The molecule has 3 unspecified atom stereocenters. The van der Waals surface area contributed by atoms with Gasteiger partial charge in [-0.3, -0.25) is 0 Å². The van der Waals surface area contributed by atoms with Gasteiger partial charge in [-0.05, 0) is 29.5 Å². The van der Waals surface area contributed by atoms with Gasteiger partial charge in [-0.15, -0.1) is 10.2 Å². The molecule has 0 bridgehead atoms. The molecule has 1 aromatic carbocycles. The number of aliphatic hydroxyl groups excluding tert-OH is 2. The predicted molar refractivity (Wildman–Crippen MR) is 110 cm³/mol. The highest BCUT2D eigenvalue weighted by atomic mass is 35.5. The molecule has 0 spiro atoms. The molecule has 2 heterocycles. The number of rotatable bonds is 6. The molecule has 2 aromatic rings. The second-order valence-corrected chi connectivity index (χ2v) is 8.03. The van der Waals surface area contributed by atoms with Crippen molar-refractivity contribution in [3.05, 3.63) is 62.8 Å².